The molecule has 4 N–H and O–H groups in total. The number of hydrogen-bond acceptors (Lipinski definition) is 7. The molecule has 1 aliphatic rings. The van der Waals surface area contributed by atoms with Crippen LogP contribution in [-0.4, -0.2) is 77.0 Å². The monoisotopic (exact) mass is 539 g/mol. The van der Waals surface area contributed by atoms with Gasteiger partial charge < -0.3 is 21.1 Å². The van der Waals surface area contributed by atoms with E-state index in [-0.39, 0.29) is 11.7 Å². The molecule has 1 heterocycles. The summed E-state index contributed by atoms with van der Waals surface area (Å²) in [6, 6.07) is 14.1. The second-order valence-corrected chi connectivity index (χ2v) is 9.53. The molecule has 2 aromatic carbocycles. The summed E-state index contributed by atoms with van der Waals surface area (Å²) in [6.45, 7) is 3.09. The number of fused-ring (bicyclic) bond motifs is 1. The molecule has 0 bridgehead atoms. The van der Waals surface area contributed by atoms with Crippen LogP contribution in [0.15, 0.2) is 59.6 Å². The Hall–Kier alpha value is -3.70. The van der Waals surface area contributed by atoms with Crippen LogP contribution in [0.4, 0.5) is 5.69 Å². The molecule has 0 spiro atoms. The Kier molecular flexibility index (Phi) is 9.65. The number of aliphatic carboxylic acids is 1. The third-order valence-corrected chi connectivity index (χ3v) is 6.95. The fourth-order valence-corrected chi connectivity index (χ4v) is 4.32. The molecule has 38 heavy (non-hydrogen) atoms. The van der Waals surface area contributed by atoms with Crippen molar-refractivity contribution in [1.29, 1.82) is 0 Å². The molecular formula is C27H33N5O5S. The van der Waals surface area contributed by atoms with Crippen LogP contribution in [0.25, 0.3) is 0 Å². The van der Waals surface area contributed by atoms with Crippen LogP contribution >= 0.6 is 12.6 Å². The number of para-hydroxylation sites is 1. The van der Waals surface area contributed by atoms with Gasteiger partial charge in [0, 0.05) is 23.9 Å². The van der Waals surface area contributed by atoms with Gasteiger partial charge in [-0.25, -0.2) is 9.79 Å². The minimum absolute atomic E-state index is 0.0673. The fourth-order valence-electron chi connectivity index (χ4n) is 4.16. The molecule has 0 fully saturated rings. The first-order chi connectivity index (χ1) is 18.1. The minimum Gasteiger partial charge on any atom is -0.480 e. The van der Waals surface area contributed by atoms with Crippen LogP contribution in [0.5, 0.6) is 0 Å². The summed E-state index contributed by atoms with van der Waals surface area (Å²) in [5, 5.41) is 12.2. The fraction of sp³-hybridized carbons (Fsp3) is 0.370. The molecule has 202 valence electrons. The van der Waals surface area contributed by atoms with E-state index in [1.807, 2.05) is 37.3 Å². The molecule has 3 unspecified atom stereocenters. The topological polar surface area (TPSA) is 145 Å². The van der Waals surface area contributed by atoms with Gasteiger partial charge in [-0.3, -0.25) is 19.3 Å². The van der Waals surface area contributed by atoms with Crippen LogP contribution in [-0.2, 0) is 19.2 Å². The molecule has 0 saturated heterocycles. The van der Waals surface area contributed by atoms with Crippen LogP contribution in [0.3, 0.4) is 0 Å². The van der Waals surface area contributed by atoms with Gasteiger partial charge in [0.05, 0.1) is 17.4 Å². The van der Waals surface area contributed by atoms with E-state index in [0.717, 1.165) is 4.90 Å². The average molecular weight is 540 g/mol. The number of hydrogen-bond donors (Lipinski definition) is 4. The number of nitrogens with one attached hydrogen (secondary N) is 1. The quantitative estimate of drug-likeness (QED) is 0.337. The molecule has 10 nitrogen and oxygen atoms in total. The predicted molar refractivity (Wildman–Crippen MR) is 148 cm³/mol. The molecule has 3 amide bonds. The Morgan fingerprint density at radius 1 is 1.16 bits per heavy atom. The number of benzene rings is 2. The molecule has 4 atom stereocenters. The number of thiol groups is 1. The number of carboxylic acids is 1. The molecule has 11 heteroatoms. The van der Waals surface area contributed by atoms with Crippen LogP contribution in [0, 0.1) is 5.92 Å². The summed E-state index contributed by atoms with van der Waals surface area (Å²) < 4.78 is 0. The Morgan fingerprint density at radius 2 is 1.79 bits per heavy atom. The number of benzodiazepines with no additional fused rings is 1. The van der Waals surface area contributed by atoms with Crippen molar-refractivity contribution in [3.63, 3.8) is 0 Å². The number of carboxylic acid groups (broad SMARTS) is 1. The highest BCUT2D eigenvalue weighted by molar-refractivity contribution is 7.80. The van der Waals surface area contributed by atoms with Crippen molar-refractivity contribution in [1.82, 2.24) is 10.2 Å². The van der Waals surface area contributed by atoms with Crippen molar-refractivity contribution in [3.05, 3.63) is 65.7 Å². The molecule has 0 radical (unpaired) electrons. The summed E-state index contributed by atoms with van der Waals surface area (Å²) in [5.74, 6) is -3.23. The summed E-state index contributed by atoms with van der Waals surface area (Å²) >= 11 is 4.10. The van der Waals surface area contributed by atoms with E-state index in [4.69, 9.17) is 10.7 Å². The SMILES string of the molecule is CCC(C)[C@H](NC(=O)CN1C(=O)C(N(C)C(=O)C(N)CS)N=C(c2ccccc2)c2ccccc21)C(=O)O. The van der Waals surface area contributed by atoms with Crippen LogP contribution in [0.1, 0.15) is 31.4 Å². The number of nitrogens with two attached hydrogens (primary N) is 1. The summed E-state index contributed by atoms with van der Waals surface area (Å²) in [6.07, 6.45) is -0.786. The van der Waals surface area contributed by atoms with Gasteiger partial charge in [-0.1, -0.05) is 68.8 Å². The van der Waals surface area contributed by atoms with Crippen molar-refractivity contribution >= 4 is 47.7 Å². The molecule has 0 aliphatic carbocycles. The number of amides is 3. The lowest BCUT2D eigenvalue weighted by Crippen LogP contribution is -2.55. The number of carbonyl (C=O) groups excluding carboxylic acids is 3. The van der Waals surface area contributed by atoms with Crippen molar-refractivity contribution in [2.24, 2.45) is 16.6 Å². The summed E-state index contributed by atoms with van der Waals surface area (Å²) in [7, 11) is 1.43. The highest BCUT2D eigenvalue weighted by Gasteiger charge is 2.38. The van der Waals surface area contributed by atoms with Crippen LogP contribution in [0.2, 0.25) is 0 Å². The van der Waals surface area contributed by atoms with E-state index in [9.17, 15) is 24.3 Å². The van der Waals surface area contributed by atoms with Crippen molar-refractivity contribution in [2.45, 2.75) is 38.5 Å². The van der Waals surface area contributed by atoms with E-state index in [0.29, 0.717) is 28.9 Å². The summed E-state index contributed by atoms with van der Waals surface area (Å²) in [4.78, 5) is 58.9. The maximum Gasteiger partial charge on any atom is 0.326 e. The number of likely N-dealkylation sites (N-methyl/N-ethyl adjacent to an activating group) is 1. The molecule has 2 aromatic rings. The third kappa shape index (κ3) is 6.22. The third-order valence-electron chi connectivity index (χ3n) is 6.56. The number of carbonyl (C=O) groups is 4. The van der Waals surface area contributed by atoms with Gasteiger partial charge in [0.15, 0.2) is 0 Å². The zero-order chi connectivity index (χ0) is 28.0. The standard InChI is InChI=1S/C27H33N5O5S/c1-4-16(2)22(27(36)37)29-21(33)14-32-20-13-9-8-12-18(20)23(17-10-6-5-7-11-17)30-24(26(32)35)31(3)25(34)19(28)15-38/h5-13,16,19,22,24,38H,4,14-15,28H2,1-3H3,(H,29,33)(H,36,37)/t16?,19?,22-,24?/m0/s1. The highest BCUT2D eigenvalue weighted by atomic mass is 32.1. The zero-order valence-corrected chi connectivity index (χ0v) is 22.5. The van der Waals surface area contributed by atoms with Gasteiger partial charge in [0.2, 0.25) is 18.0 Å². The smallest absolute Gasteiger partial charge is 0.326 e. The Bertz CT molecular complexity index is 1220. The Labute approximate surface area is 227 Å². The lowest BCUT2D eigenvalue weighted by Gasteiger charge is -2.30. The van der Waals surface area contributed by atoms with E-state index in [2.05, 4.69) is 17.9 Å². The van der Waals surface area contributed by atoms with Crippen molar-refractivity contribution in [3.8, 4) is 0 Å². The number of rotatable bonds is 10. The van der Waals surface area contributed by atoms with Gasteiger partial charge in [-0.15, -0.1) is 0 Å². The van der Waals surface area contributed by atoms with E-state index in [1.165, 1.54) is 11.9 Å². The van der Waals surface area contributed by atoms with E-state index < -0.39 is 48.5 Å². The second-order valence-electron chi connectivity index (χ2n) is 9.17. The van der Waals surface area contributed by atoms with Gasteiger partial charge in [-0.05, 0) is 12.0 Å². The first-order valence-corrected chi connectivity index (χ1v) is 12.9. The Balaban J connectivity index is 2.10. The zero-order valence-electron chi connectivity index (χ0n) is 21.6. The molecule has 3 rings (SSSR count). The first kappa shape index (κ1) is 28.9. The average Bonchev–Trinajstić information content (AvgIpc) is 3.05. The van der Waals surface area contributed by atoms with Gasteiger partial charge in [0.25, 0.3) is 5.91 Å². The first-order valence-electron chi connectivity index (χ1n) is 12.3. The maximum absolute atomic E-state index is 14.0. The lowest BCUT2D eigenvalue weighted by molar-refractivity contribution is -0.143. The highest BCUT2D eigenvalue weighted by Crippen LogP contribution is 2.29. The molecular weight excluding hydrogens is 506 g/mol. The van der Waals surface area contributed by atoms with E-state index >= 15 is 0 Å². The molecule has 0 saturated carbocycles. The number of aliphatic imine (C=N–C) groups is 1. The van der Waals surface area contributed by atoms with E-state index in [1.54, 1.807) is 31.2 Å². The number of anilines is 1. The van der Waals surface area contributed by atoms with Crippen molar-refractivity contribution in [2.75, 3.05) is 24.2 Å². The molecule has 0 aromatic heterocycles. The minimum atomic E-state index is -1.33. The lowest BCUT2D eigenvalue weighted by atomic mass is 9.99. The van der Waals surface area contributed by atoms with Gasteiger partial charge in [-0.2, -0.15) is 12.6 Å². The maximum atomic E-state index is 14.0. The predicted octanol–water partition coefficient (Wildman–Crippen LogP) is 1.53. The summed E-state index contributed by atoms with van der Waals surface area (Å²) in [5.41, 5.74) is 8.09. The Morgan fingerprint density at radius 3 is 2.39 bits per heavy atom. The second kappa shape index (κ2) is 12.7. The normalized spacial score (nSPS) is 17.4. The van der Waals surface area contributed by atoms with Gasteiger partial charge >= 0.3 is 5.97 Å². The number of nitrogens with zero attached hydrogens (tertiary/aromatic N) is 3. The van der Waals surface area contributed by atoms with Crippen LogP contribution < -0.4 is 16.0 Å². The molecule has 1 aliphatic heterocycles. The van der Waals surface area contributed by atoms with Crippen molar-refractivity contribution < 1.29 is 24.3 Å². The largest absolute Gasteiger partial charge is 0.480 e. The van der Waals surface area contributed by atoms with Gasteiger partial charge in [0.1, 0.15) is 12.6 Å².